The third-order valence-corrected chi connectivity index (χ3v) is 19.3. The van der Waals surface area contributed by atoms with Gasteiger partial charge in [0.1, 0.15) is 0 Å². The van der Waals surface area contributed by atoms with Crippen molar-refractivity contribution in [2.24, 2.45) is 0 Å². The molecule has 0 saturated heterocycles. The Hall–Kier alpha value is -13.6. The fourth-order valence-corrected chi connectivity index (χ4v) is 12.4. The Balaban J connectivity index is 0.000000187. The van der Waals surface area contributed by atoms with Crippen LogP contribution in [0.3, 0.4) is 0 Å². The van der Waals surface area contributed by atoms with Crippen LogP contribution in [0.25, 0.3) is 135 Å². The summed E-state index contributed by atoms with van der Waals surface area (Å²) in [6.45, 7) is -4.27. The first kappa shape index (κ1) is 81.6. The smallest absolute Gasteiger partial charge is 0.0288 e. The Labute approximate surface area is 853 Å². The molecule has 0 aliphatic rings. The molecule has 0 N–H and O–H groups in total. The van der Waals surface area contributed by atoms with Crippen molar-refractivity contribution in [2.45, 2.75) is 55.0 Å². The fraction of sp³-hybridized carbons (Fsp3) is 0.0672. The van der Waals surface area contributed by atoms with Crippen LogP contribution in [-0.4, -0.2) is 44.9 Å². The van der Waals surface area contributed by atoms with Gasteiger partial charge in [-0.15, -0.1) is 263 Å². The minimum absolute atomic E-state index is 0. The molecule has 0 aliphatic heterocycles. The molecular weight excluding hydrogens is 2320 g/mol. The van der Waals surface area contributed by atoms with E-state index in [0.29, 0.717) is 5.69 Å². The number of nitrogens with zero attached hydrogens (tertiary/aromatic N) is 9. The van der Waals surface area contributed by atoms with Gasteiger partial charge in [0.15, 0.2) is 0 Å². The first-order valence-electron chi connectivity index (χ1n) is 48.5. The van der Waals surface area contributed by atoms with Crippen molar-refractivity contribution >= 4 is 0 Å². The van der Waals surface area contributed by atoms with Gasteiger partial charge in [-0.05, 0) is 158 Å². The summed E-state index contributed by atoms with van der Waals surface area (Å²) in [5.74, 6) is 0. The fourth-order valence-electron chi connectivity index (χ4n) is 12.4. The van der Waals surface area contributed by atoms with E-state index in [1.807, 2.05) is 244 Å². The van der Waals surface area contributed by atoms with Crippen molar-refractivity contribution in [2.75, 3.05) is 0 Å². The average Bonchev–Trinajstić information content (AvgIpc) is 0.822. The molecule has 9 heterocycles. The van der Waals surface area contributed by atoms with E-state index in [-0.39, 0.29) is 108 Å². The van der Waals surface area contributed by atoms with Gasteiger partial charge in [-0.1, -0.05) is 233 Å². The topological polar surface area (TPSA) is 116 Å². The van der Waals surface area contributed by atoms with Crippen molar-refractivity contribution < 1.29 is 101 Å². The molecule has 132 heavy (non-hydrogen) atoms. The minimum Gasteiger partial charge on any atom is -0.305 e. The maximum absolute atomic E-state index is 7.36. The van der Waals surface area contributed by atoms with Crippen molar-refractivity contribution in [3.05, 3.63) is 525 Å². The molecule has 0 amide bonds. The number of pyridine rings is 9. The van der Waals surface area contributed by atoms with Crippen molar-refractivity contribution in [1.29, 1.82) is 0 Å². The van der Waals surface area contributed by atoms with Gasteiger partial charge in [0.05, 0.1) is 0 Å². The molecule has 0 atom stereocenters. The Morgan fingerprint density at radius 1 is 0.182 bits per heavy atom. The van der Waals surface area contributed by atoms with Crippen molar-refractivity contribution in [1.82, 2.24) is 44.9 Å². The second-order valence-electron chi connectivity index (χ2n) is 28.6. The summed E-state index contributed by atoms with van der Waals surface area (Å²) >= 11 is 0. The van der Waals surface area contributed by atoms with Gasteiger partial charge in [0.2, 0.25) is 0 Å². The summed E-state index contributed by atoms with van der Waals surface area (Å²) in [5, 5.41) is 0. The third kappa shape index (κ3) is 32.2. The Bertz CT molecular complexity index is 6800. The van der Waals surface area contributed by atoms with Crippen LogP contribution in [0.2, 0.25) is 0 Å². The molecule has 20 rings (SSSR count). The van der Waals surface area contributed by atoms with E-state index < -0.39 is 34.3 Å². The summed E-state index contributed by atoms with van der Waals surface area (Å²) < 4.78 is 109. The summed E-state index contributed by atoms with van der Waals surface area (Å²) in [4.78, 5) is 38.3. The first-order chi connectivity index (χ1) is 68.8. The van der Waals surface area contributed by atoms with Crippen molar-refractivity contribution in [3.8, 4) is 135 Å². The quantitative estimate of drug-likeness (QED) is 0.110. The molecular formula is C119H95Ir4N9-8. The Morgan fingerprint density at radius 2 is 0.432 bits per heavy atom. The van der Waals surface area contributed by atoms with Gasteiger partial charge < -0.3 is 39.9 Å². The molecule has 0 spiro atoms. The number of aryl methyl sites for hydroxylation is 8. The number of rotatable bonds is 12. The van der Waals surface area contributed by atoms with Crippen LogP contribution in [0.15, 0.2) is 432 Å². The van der Waals surface area contributed by atoms with Gasteiger partial charge in [0.25, 0.3) is 0 Å². The van der Waals surface area contributed by atoms with Gasteiger partial charge in [-0.3, -0.25) is 4.98 Å². The molecule has 9 nitrogen and oxygen atoms in total. The molecule has 0 unspecified atom stereocenters. The van der Waals surface area contributed by atoms with Crippen LogP contribution in [0.1, 0.15) is 65.1 Å². The molecule has 0 aliphatic carbocycles. The van der Waals surface area contributed by atoms with Gasteiger partial charge >= 0.3 is 0 Å². The second-order valence-corrected chi connectivity index (χ2v) is 28.6. The number of benzene rings is 11. The van der Waals surface area contributed by atoms with E-state index in [1.165, 1.54) is 69.9 Å². The second kappa shape index (κ2) is 54.8. The van der Waals surface area contributed by atoms with E-state index in [0.717, 1.165) is 107 Å². The van der Waals surface area contributed by atoms with Crippen LogP contribution in [-0.2, 0) is 80.4 Å². The predicted molar refractivity (Wildman–Crippen MR) is 526 cm³/mol. The van der Waals surface area contributed by atoms with Crippen LogP contribution in [0.4, 0.5) is 0 Å². The normalized spacial score (nSPS) is 12.0. The van der Waals surface area contributed by atoms with Gasteiger partial charge in [-0.25, -0.2) is 0 Å². The summed E-state index contributed by atoms with van der Waals surface area (Å²) in [6.07, 6.45) is 14.4. The van der Waals surface area contributed by atoms with Crippen LogP contribution in [0.5, 0.6) is 0 Å². The molecule has 20 aromatic rings. The van der Waals surface area contributed by atoms with Crippen LogP contribution >= 0.6 is 0 Å². The SMILES string of the molecule is Cc1ccc(-c2[c-]cc(-c3ccccc3)cc2)nc1.Cc1cnc(-c2[c-]cc(-c3ccccn3)cc2)cc1C.[2H]C([2H])([2H])c1ccc(-c2[c-]cc(-c3ccccc3)cc2)nc1.[2H]C([2H])([2H])c1ccc(-c2[c-]cccc2)nc1.[2H]C([2H])([2H])c1ccc(-c2[c-]cccc2)nc1.[2H]C([2H])([2H])c1ccc(-c2[c-]cccc2)nc1.[2H]C([2H])([2H])c1ccc(-c2[c-]cccc2)nc1.[Ir].[Ir].[Ir].[Ir].[c-]1cc(-c2ccccc2)ccc1-c1ccccn1. The molecule has 0 fully saturated rings. The molecule has 4 radical (unpaired) electrons. The Kier molecular flexibility index (Phi) is 33.8. The zero-order valence-corrected chi connectivity index (χ0v) is 81.4. The average molecular weight is 2440 g/mol. The predicted octanol–water partition coefficient (Wildman–Crippen LogP) is 28.9. The molecule has 0 saturated carbocycles. The minimum atomic E-state index is -2.12. The zero-order chi connectivity index (χ0) is 101. The van der Waals surface area contributed by atoms with Crippen LogP contribution in [0, 0.1) is 104 Å². The van der Waals surface area contributed by atoms with Crippen molar-refractivity contribution in [3.63, 3.8) is 0 Å². The molecule has 11 aromatic carbocycles. The molecule has 0 bridgehead atoms. The van der Waals surface area contributed by atoms with E-state index in [9.17, 15) is 0 Å². The number of aromatic nitrogens is 9. The first-order valence-corrected chi connectivity index (χ1v) is 41.0. The zero-order valence-electron chi connectivity index (χ0n) is 86.9. The van der Waals surface area contributed by atoms with Gasteiger partial charge in [-0.2, -0.15) is 0 Å². The molecule has 660 valence electrons. The van der Waals surface area contributed by atoms with E-state index in [2.05, 4.69) is 174 Å². The number of hydrogen-bond donors (Lipinski definition) is 0. The largest absolute Gasteiger partial charge is 0.305 e. The number of hydrogen-bond acceptors (Lipinski definition) is 9. The van der Waals surface area contributed by atoms with Gasteiger partial charge in [0, 0.05) is 162 Å². The Morgan fingerprint density at radius 3 is 0.674 bits per heavy atom. The summed E-state index contributed by atoms with van der Waals surface area (Å²) in [6, 6.07) is 145. The van der Waals surface area contributed by atoms with E-state index >= 15 is 0 Å². The maximum Gasteiger partial charge on any atom is 0.0288 e. The van der Waals surface area contributed by atoms with Crippen LogP contribution < -0.4 is 0 Å². The van der Waals surface area contributed by atoms with E-state index in [1.54, 1.807) is 97.3 Å². The molecule has 9 aromatic heterocycles. The van der Waals surface area contributed by atoms with E-state index in [4.69, 9.17) is 20.6 Å². The third-order valence-electron chi connectivity index (χ3n) is 19.3. The molecule has 13 heteroatoms. The monoisotopic (exact) mass is 2440 g/mol. The standard InChI is InChI=1S/C18H15N2.2C18H14N.C17H12N.4C12H10N.4Ir/c1-13-11-18(20-12-14(13)2)16-8-6-15(7-9-16)17-5-3-4-10-19-17;2*1-14-7-12-18(19-13-14)17-10-8-16(9-11-17)15-5-3-2-4-6-15;1-2-6-14(7-3-1)15-9-11-16(12-10-15)17-8-4-5-13-18-17;4*1-10-7-8-12(13-9-10)11-5-3-2-4-6-11;;;;/h3-8,10-12H,1-2H3;2*2-10,12-13H,1H3;1-11,13H;4*2-5,7-9H,1H3;;;;/q8*-1;;;;/i;1D3;;;4*1D3;;;;. The summed E-state index contributed by atoms with van der Waals surface area (Å²) in [5.41, 5.74) is 27.8. The summed E-state index contributed by atoms with van der Waals surface area (Å²) in [7, 11) is 0. The maximum atomic E-state index is 7.36.